The van der Waals surface area contributed by atoms with Crippen molar-refractivity contribution in [3.63, 3.8) is 0 Å². The smallest absolute Gasteiger partial charge is 0.243 e. The van der Waals surface area contributed by atoms with E-state index in [1.54, 1.807) is 13.1 Å². The predicted octanol–water partition coefficient (Wildman–Crippen LogP) is 2.25. The van der Waals surface area contributed by atoms with Gasteiger partial charge in [-0.25, -0.2) is 8.42 Å². The normalized spacial score (nSPS) is 17.7. The summed E-state index contributed by atoms with van der Waals surface area (Å²) in [7, 11) is -1.92. The average molecular weight is 304 g/mol. The quantitative estimate of drug-likeness (QED) is 0.907. The van der Waals surface area contributed by atoms with E-state index in [1.165, 1.54) is 16.4 Å². The summed E-state index contributed by atoms with van der Waals surface area (Å²) in [6, 6.07) is 4.44. The van der Waals surface area contributed by atoms with Crippen LogP contribution in [0.1, 0.15) is 25.3 Å². The standard InChI is InChI=1S/C13H18ClNO3S/c1-9(10-3-4-10)15(2)19(17,18)12-6-5-11(8-16)13(14)7-12/h5-7,9-10,16H,3-4,8H2,1-2H3. The van der Waals surface area contributed by atoms with Crippen molar-refractivity contribution in [2.75, 3.05) is 7.05 Å². The summed E-state index contributed by atoms with van der Waals surface area (Å²) in [6.07, 6.45) is 2.18. The highest BCUT2D eigenvalue weighted by molar-refractivity contribution is 7.89. The van der Waals surface area contributed by atoms with Crippen molar-refractivity contribution in [1.82, 2.24) is 4.31 Å². The lowest BCUT2D eigenvalue weighted by Crippen LogP contribution is -2.36. The lowest BCUT2D eigenvalue weighted by molar-refractivity contribution is 0.282. The van der Waals surface area contributed by atoms with Crippen LogP contribution in [0.15, 0.2) is 23.1 Å². The molecule has 2 rings (SSSR count). The van der Waals surface area contributed by atoms with Gasteiger partial charge in [-0.15, -0.1) is 0 Å². The number of benzene rings is 1. The third kappa shape index (κ3) is 2.94. The number of nitrogens with zero attached hydrogens (tertiary/aromatic N) is 1. The Labute approximate surface area is 119 Å². The molecule has 0 aromatic heterocycles. The number of hydrogen-bond acceptors (Lipinski definition) is 3. The first-order valence-corrected chi connectivity index (χ1v) is 8.07. The van der Waals surface area contributed by atoms with Gasteiger partial charge in [0, 0.05) is 18.1 Å². The Bertz CT molecular complexity index is 569. The van der Waals surface area contributed by atoms with Crippen molar-refractivity contribution in [2.24, 2.45) is 5.92 Å². The van der Waals surface area contributed by atoms with E-state index in [0.29, 0.717) is 11.5 Å². The highest BCUT2D eigenvalue weighted by Crippen LogP contribution is 2.36. The largest absolute Gasteiger partial charge is 0.392 e. The molecular formula is C13H18ClNO3S. The molecule has 4 nitrogen and oxygen atoms in total. The zero-order valence-electron chi connectivity index (χ0n) is 11.0. The van der Waals surface area contributed by atoms with Gasteiger partial charge in [0.15, 0.2) is 0 Å². The highest BCUT2D eigenvalue weighted by Gasteiger charge is 2.36. The van der Waals surface area contributed by atoms with E-state index in [-0.39, 0.29) is 22.6 Å². The van der Waals surface area contributed by atoms with E-state index in [9.17, 15) is 8.42 Å². The van der Waals surface area contributed by atoms with Crippen molar-refractivity contribution in [3.05, 3.63) is 28.8 Å². The van der Waals surface area contributed by atoms with E-state index < -0.39 is 10.0 Å². The second-order valence-electron chi connectivity index (χ2n) is 5.01. The third-order valence-corrected chi connectivity index (χ3v) is 6.04. The average Bonchev–Trinajstić information content (AvgIpc) is 3.21. The molecule has 6 heteroatoms. The molecule has 1 aromatic rings. The van der Waals surface area contributed by atoms with Crippen molar-refractivity contribution in [2.45, 2.75) is 37.3 Å². The van der Waals surface area contributed by atoms with Crippen LogP contribution in [-0.4, -0.2) is 30.9 Å². The van der Waals surface area contributed by atoms with E-state index in [0.717, 1.165) is 12.8 Å². The fraction of sp³-hybridized carbons (Fsp3) is 0.538. The summed E-state index contributed by atoms with van der Waals surface area (Å²) in [5.41, 5.74) is 0.526. The maximum absolute atomic E-state index is 12.5. The van der Waals surface area contributed by atoms with Gasteiger partial charge in [0.2, 0.25) is 10.0 Å². The summed E-state index contributed by atoms with van der Waals surface area (Å²) < 4.78 is 26.3. The van der Waals surface area contributed by atoms with Crippen molar-refractivity contribution in [3.8, 4) is 0 Å². The Morgan fingerprint density at radius 1 is 1.47 bits per heavy atom. The molecule has 19 heavy (non-hydrogen) atoms. The Morgan fingerprint density at radius 2 is 2.11 bits per heavy atom. The molecule has 0 saturated heterocycles. The van der Waals surface area contributed by atoms with Crippen LogP contribution >= 0.6 is 11.6 Å². The van der Waals surface area contributed by atoms with Gasteiger partial charge >= 0.3 is 0 Å². The Morgan fingerprint density at radius 3 is 2.58 bits per heavy atom. The van der Waals surface area contributed by atoms with E-state index >= 15 is 0 Å². The molecule has 1 aliphatic carbocycles. The monoisotopic (exact) mass is 303 g/mol. The van der Waals surface area contributed by atoms with Crippen LogP contribution in [0.2, 0.25) is 5.02 Å². The number of halogens is 1. The minimum absolute atomic E-state index is 0.00120. The molecule has 0 aliphatic heterocycles. The van der Waals surface area contributed by atoms with Gasteiger partial charge in [-0.3, -0.25) is 0 Å². The molecule has 0 heterocycles. The number of aliphatic hydroxyl groups is 1. The molecule has 1 N–H and O–H groups in total. The molecule has 1 aliphatic rings. The zero-order chi connectivity index (χ0) is 14.2. The molecule has 1 fully saturated rings. The van der Waals surface area contributed by atoms with Gasteiger partial charge in [0.05, 0.1) is 11.5 Å². The van der Waals surface area contributed by atoms with Crippen LogP contribution in [0.4, 0.5) is 0 Å². The molecular weight excluding hydrogens is 286 g/mol. The molecule has 1 atom stereocenters. The van der Waals surface area contributed by atoms with Gasteiger partial charge in [-0.1, -0.05) is 17.7 Å². The topological polar surface area (TPSA) is 57.6 Å². The molecule has 0 bridgehead atoms. The summed E-state index contributed by atoms with van der Waals surface area (Å²) in [5, 5.41) is 9.32. The number of sulfonamides is 1. The summed E-state index contributed by atoms with van der Waals surface area (Å²) in [4.78, 5) is 0.171. The first-order valence-electron chi connectivity index (χ1n) is 6.25. The predicted molar refractivity (Wildman–Crippen MR) is 74.5 cm³/mol. The number of hydrogen-bond donors (Lipinski definition) is 1. The van der Waals surface area contributed by atoms with E-state index in [2.05, 4.69) is 0 Å². The van der Waals surface area contributed by atoms with Crippen LogP contribution in [0, 0.1) is 5.92 Å². The summed E-state index contributed by atoms with van der Waals surface area (Å²) in [6.45, 7) is 1.73. The van der Waals surface area contributed by atoms with Crippen molar-refractivity contribution >= 4 is 21.6 Å². The minimum atomic E-state index is -3.52. The molecule has 1 unspecified atom stereocenters. The van der Waals surface area contributed by atoms with Gasteiger partial charge < -0.3 is 5.11 Å². The summed E-state index contributed by atoms with van der Waals surface area (Å²) >= 11 is 5.95. The maximum atomic E-state index is 12.5. The highest BCUT2D eigenvalue weighted by atomic mass is 35.5. The first-order chi connectivity index (χ1) is 8.87. The number of rotatable bonds is 5. The SMILES string of the molecule is CC(C1CC1)N(C)S(=O)(=O)c1ccc(CO)c(Cl)c1. The zero-order valence-corrected chi connectivity index (χ0v) is 12.6. The van der Waals surface area contributed by atoms with Gasteiger partial charge in [0.25, 0.3) is 0 Å². The van der Waals surface area contributed by atoms with Gasteiger partial charge in [-0.05, 0) is 43.4 Å². The molecule has 0 radical (unpaired) electrons. The molecule has 106 valence electrons. The van der Waals surface area contributed by atoms with Crippen LogP contribution < -0.4 is 0 Å². The fourth-order valence-electron chi connectivity index (χ4n) is 2.08. The fourth-order valence-corrected chi connectivity index (χ4v) is 3.83. The van der Waals surface area contributed by atoms with Crippen molar-refractivity contribution in [1.29, 1.82) is 0 Å². The van der Waals surface area contributed by atoms with Crippen molar-refractivity contribution < 1.29 is 13.5 Å². The molecule has 1 saturated carbocycles. The molecule has 0 amide bonds. The summed E-state index contributed by atoms with van der Waals surface area (Å²) in [5.74, 6) is 0.465. The lowest BCUT2D eigenvalue weighted by atomic mass is 10.2. The minimum Gasteiger partial charge on any atom is -0.392 e. The van der Waals surface area contributed by atoms with Crippen LogP contribution in [-0.2, 0) is 16.6 Å². The van der Waals surface area contributed by atoms with Crippen LogP contribution in [0.25, 0.3) is 0 Å². The second kappa shape index (κ2) is 5.40. The van der Waals surface area contributed by atoms with Gasteiger partial charge in [0.1, 0.15) is 0 Å². The molecule has 1 aromatic carbocycles. The Kier molecular flexibility index (Phi) is 4.20. The Hall–Kier alpha value is -0.620. The maximum Gasteiger partial charge on any atom is 0.243 e. The number of aliphatic hydroxyl groups excluding tert-OH is 1. The molecule has 0 spiro atoms. The van der Waals surface area contributed by atoms with Gasteiger partial charge in [-0.2, -0.15) is 4.31 Å². The second-order valence-corrected chi connectivity index (χ2v) is 7.42. The lowest BCUT2D eigenvalue weighted by Gasteiger charge is -2.24. The van der Waals surface area contributed by atoms with E-state index in [1.807, 2.05) is 6.92 Å². The van der Waals surface area contributed by atoms with Crippen LogP contribution in [0.5, 0.6) is 0 Å². The third-order valence-electron chi connectivity index (χ3n) is 3.75. The van der Waals surface area contributed by atoms with Crippen LogP contribution in [0.3, 0.4) is 0 Å². The first kappa shape index (κ1) is 14.8. The Balaban J connectivity index is 2.30. The van der Waals surface area contributed by atoms with E-state index in [4.69, 9.17) is 16.7 Å².